The molecule has 6 heteroatoms. The summed E-state index contributed by atoms with van der Waals surface area (Å²) in [7, 11) is 0. The molecule has 0 bridgehead atoms. The Kier molecular flexibility index (Phi) is 3.04. The van der Waals surface area contributed by atoms with Crippen molar-refractivity contribution in [1.82, 2.24) is 0 Å². The first-order chi connectivity index (χ1) is 6.65. The second-order valence-corrected chi connectivity index (χ2v) is 2.76. The summed E-state index contributed by atoms with van der Waals surface area (Å²) in [5, 5.41) is 13.8. The van der Waals surface area contributed by atoms with Crippen LogP contribution in [0, 0.1) is 17.0 Å². The fourth-order valence-corrected chi connectivity index (χ4v) is 1.05. The van der Waals surface area contributed by atoms with Gasteiger partial charge in [0.2, 0.25) is 0 Å². The van der Waals surface area contributed by atoms with Gasteiger partial charge in [-0.2, -0.15) is 0 Å². The first kappa shape index (κ1) is 10.0. The third-order valence-corrected chi connectivity index (χ3v) is 1.85. The van der Waals surface area contributed by atoms with Gasteiger partial charge in [0.25, 0.3) is 5.69 Å². The fraction of sp³-hybridized carbons (Fsp3) is 0.250. The van der Waals surface area contributed by atoms with Gasteiger partial charge in [-0.05, 0) is 23.6 Å². The van der Waals surface area contributed by atoms with Crippen LogP contribution in [0.1, 0.15) is 11.1 Å². The summed E-state index contributed by atoms with van der Waals surface area (Å²) in [5.41, 5.74) is 9.69. The highest BCUT2D eigenvalue weighted by Gasteiger charge is 2.07. The van der Waals surface area contributed by atoms with Crippen molar-refractivity contribution >= 4 is 5.69 Å². The zero-order valence-corrected chi connectivity index (χ0v) is 7.54. The number of nitrogens with zero attached hydrogens (tertiary/aromatic N) is 4. The molecule has 0 aromatic heterocycles. The summed E-state index contributed by atoms with van der Waals surface area (Å²) < 4.78 is 0. The Balaban J connectivity index is 3.07. The molecule has 1 aromatic rings. The number of hydrogen-bond donors (Lipinski definition) is 0. The summed E-state index contributed by atoms with van der Waals surface area (Å²) >= 11 is 0. The second kappa shape index (κ2) is 4.25. The van der Waals surface area contributed by atoms with Crippen LogP contribution in [0.2, 0.25) is 0 Å². The van der Waals surface area contributed by atoms with Crippen molar-refractivity contribution in [2.24, 2.45) is 5.11 Å². The number of nitro groups is 1. The SMILES string of the molecule is Cc1ccc([N+](=O)[O-])cc1CN=[N+]=[N-]. The number of aryl methyl sites for hydroxylation is 1. The van der Waals surface area contributed by atoms with E-state index in [1.54, 1.807) is 6.07 Å². The Labute approximate surface area is 79.9 Å². The molecule has 6 nitrogen and oxygen atoms in total. The quantitative estimate of drug-likeness (QED) is 0.242. The molecule has 0 aliphatic rings. The Morgan fingerprint density at radius 1 is 1.64 bits per heavy atom. The minimum atomic E-state index is -0.473. The highest BCUT2D eigenvalue weighted by atomic mass is 16.6. The van der Waals surface area contributed by atoms with Gasteiger partial charge >= 0.3 is 0 Å². The van der Waals surface area contributed by atoms with Crippen LogP contribution in [-0.4, -0.2) is 4.92 Å². The lowest BCUT2D eigenvalue weighted by atomic mass is 10.1. The minimum absolute atomic E-state index is 0.0127. The summed E-state index contributed by atoms with van der Waals surface area (Å²) in [6.45, 7) is 1.95. The van der Waals surface area contributed by atoms with Gasteiger partial charge < -0.3 is 0 Å². The molecule has 0 aliphatic carbocycles. The molecule has 0 radical (unpaired) electrons. The van der Waals surface area contributed by atoms with E-state index in [9.17, 15) is 10.1 Å². The van der Waals surface area contributed by atoms with Gasteiger partial charge in [-0.3, -0.25) is 10.1 Å². The van der Waals surface area contributed by atoms with Crippen molar-refractivity contribution in [3.05, 3.63) is 49.9 Å². The molecule has 0 spiro atoms. The maximum Gasteiger partial charge on any atom is 0.269 e. The highest BCUT2D eigenvalue weighted by Crippen LogP contribution is 2.17. The van der Waals surface area contributed by atoms with E-state index in [1.807, 2.05) is 6.92 Å². The lowest BCUT2D eigenvalue weighted by Gasteiger charge is -2.00. The van der Waals surface area contributed by atoms with Crippen molar-refractivity contribution < 1.29 is 4.92 Å². The van der Waals surface area contributed by atoms with Crippen LogP contribution in [0.15, 0.2) is 23.3 Å². The Hall–Kier alpha value is -2.07. The molecule has 0 saturated carbocycles. The fourth-order valence-electron chi connectivity index (χ4n) is 1.05. The second-order valence-electron chi connectivity index (χ2n) is 2.76. The van der Waals surface area contributed by atoms with E-state index in [0.29, 0.717) is 5.56 Å². The van der Waals surface area contributed by atoms with E-state index in [-0.39, 0.29) is 12.2 Å². The number of benzene rings is 1. The first-order valence-electron chi connectivity index (χ1n) is 3.90. The molecule has 72 valence electrons. The van der Waals surface area contributed by atoms with E-state index >= 15 is 0 Å². The Bertz CT molecular complexity index is 410. The lowest BCUT2D eigenvalue weighted by molar-refractivity contribution is -0.384. The van der Waals surface area contributed by atoms with E-state index in [0.717, 1.165) is 5.56 Å². The van der Waals surface area contributed by atoms with Gasteiger partial charge in [-0.15, -0.1) is 0 Å². The zero-order chi connectivity index (χ0) is 10.6. The van der Waals surface area contributed by atoms with E-state index in [2.05, 4.69) is 10.0 Å². The molecule has 0 amide bonds. The van der Waals surface area contributed by atoms with Crippen molar-refractivity contribution in [2.45, 2.75) is 13.5 Å². The molecule has 0 fully saturated rings. The summed E-state index contributed by atoms with van der Waals surface area (Å²) in [6.07, 6.45) is 0. The standard InChI is InChI=1S/C8H8N4O2/c1-6-2-3-8(12(13)14)4-7(6)5-10-11-9/h2-4H,5H2,1H3. The molecule has 0 N–H and O–H groups in total. The average molecular weight is 192 g/mol. The molecule has 1 rings (SSSR count). The molecule has 0 heterocycles. The van der Waals surface area contributed by atoms with E-state index in [4.69, 9.17) is 5.53 Å². The van der Waals surface area contributed by atoms with Gasteiger partial charge in [0.15, 0.2) is 0 Å². The number of non-ortho nitro benzene ring substituents is 1. The molecule has 1 aromatic carbocycles. The monoisotopic (exact) mass is 192 g/mol. The molecule has 14 heavy (non-hydrogen) atoms. The topological polar surface area (TPSA) is 91.9 Å². The molecule has 0 unspecified atom stereocenters. The Morgan fingerprint density at radius 2 is 2.36 bits per heavy atom. The van der Waals surface area contributed by atoms with Gasteiger partial charge in [0.1, 0.15) is 0 Å². The first-order valence-corrected chi connectivity index (χ1v) is 3.90. The van der Waals surface area contributed by atoms with Crippen LogP contribution in [0.4, 0.5) is 5.69 Å². The molecular formula is C8H8N4O2. The van der Waals surface area contributed by atoms with Gasteiger partial charge in [0, 0.05) is 17.0 Å². The van der Waals surface area contributed by atoms with Crippen molar-refractivity contribution in [3.63, 3.8) is 0 Å². The Morgan fingerprint density at radius 3 is 2.93 bits per heavy atom. The number of hydrogen-bond acceptors (Lipinski definition) is 3. The zero-order valence-electron chi connectivity index (χ0n) is 7.54. The molecule has 0 aliphatic heterocycles. The molecule has 0 saturated heterocycles. The van der Waals surface area contributed by atoms with Crippen LogP contribution in [0.5, 0.6) is 0 Å². The van der Waals surface area contributed by atoms with Gasteiger partial charge in [-0.1, -0.05) is 11.2 Å². The van der Waals surface area contributed by atoms with Crippen LogP contribution < -0.4 is 0 Å². The van der Waals surface area contributed by atoms with Crippen LogP contribution >= 0.6 is 0 Å². The van der Waals surface area contributed by atoms with E-state index in [1.165, 1.54) is 12.1 Å². The van der Waals surface area contributed by atoms with Crippen molar-refractivity contribution in [2.75, 3.05) is 0 Å². The third-order valence-electron chi connectivity index (χ3n) is 1.85. The molecular weight excluding hydrogens is 184 g/mol. The number of rotatable bonds is 3. The number of nitro benzene ring substituents is 1. The third kappa shape index (κ3) is 2.21. The van der Waals surface area contributed by atoms with Gasteiger partial charge in [0.05, 0.1) is 11.5 Å². The van der Waals surface area contributed by atoms with E-state index < -0.39 is 4.92 Å². The van der Waals surface area contributed by atoms with Crippen LogP contribution in [0.25, 0.3) is 10.4 Å². The normalized spacial score (nSPS) is 9.21. The number of azide groups is 1. The lowest BCUT2D eigenvalue weighted by Crippen LogP contribution is -1.92. The summed E-state index contributed by atoms with van der Waals surface area (Å²) in [5.74, 6) is 0. The summed E-state index contributed by atoms with van der Waals surface area (Å²) in [4.78, 5) is 12.6. The smallest absolute Gasteiger partial charge is 0.258 e. The summed E-state index contributed by atoms with van der Waals surface area (Å²) in [6, 6.07) is 4.49. The minimum Gasteiger partial charge on any atom is -0.258 e. The van der Waals surface area contributed by atoms with Crippen molar-refractivity contribution in [3.8, 4) is 0 Å². The van der Waals surface area contributed by atoms with Crippen molar-refractivity contribution in [1.29, 1.82) is 0 Å². The largest absolute Gasteiger partial charge is 0.269 e. The maximum atomic E-state index is 10.4. The predicted molar refractivity (Wildman–Crippen MR) is 50.7 cm³/mol. The van der Waals surface area contributed by atoms with Crippen LogP contribution in [0.3, 0.4) is 0 Å². The van der Waals surface area contributed by atoms with Gasteiger partial charge in [-0.25, -0.2) is 0 Å². The van der Waals surface area contributed by atoms with Crippen LogP contribution in [-0.2, 0) is 6.54 Å². The predicted octanol–water partition coefficient (Wildman–Crippen LogP) is 2.71. The maximum absolute atomic E-state index is 10.4. The highest BCUT2D eigenvalue weighted by molar-refractivity contribution is 5.39. The average Bonchev–Trinajstić information content (AvgIpc) is 2.16. The molecule has 0 atom stereocenters.